The Bertz CT molecular complexity index is 591. The second-order valence-electron chi connectivity index (χ2n) is 7.22. The summed E-state index contributed by atoms with van der Waals surface area (Å²) in [6.07, 6.45) is 2.34. The summed E-state index contributed by atoms with van der Waals surface area (Å²) in [5.41, 5.74) is 1.21. The molecule has 2 saturated heterocycles. The smallest absolute Gasteiger partial charge is 0.317 e. The van der Waals surface area contributed by atoms with Crippen molar-refractivity contribution in [2.75, 3.05) is 6.54 Å². The normalized spacial score (nSPS) is 22.7. The number of nitrogens with zero attached hydrogens (tertiary/aromatic N) is 2. The van der Waals surface area contributed by atoms with E-state index in [1.165, 1.54) is 0 Å². The van der Waals surface area contributed by atoms with Gasteiger partial charge in [0.15, 0.2) is 0 Å². The fourth-order valence-electron chi connectivity index (χ4n) is 3.42. The first-order valence-corrected chi connectivity index (χ1v) is 8.14. The number of fused-ring (bicyclic) bond motifs is 2. The molecule has 3 rings (SSSR count). The molecule has 1 aromatic rings. The van der Waals surface area contributed by atoms with Gasteiger partial charge in [0.05, 0.1) is 6.04 Å². The third-order valence-corrected chi connectivity index (χ3v) is 4.54. The number of hydrogen-bond donors (Lipinski definition) is 0. The molecule has 2 aliphatic heterocycles. The van der Waals surface area contributed by atoms with Crippen molar-refractivity contribution in [1.82, 2.24) is 9.96 Å². The standard InChI is InChI=1S/C17H24N2O2.CO2/c1-17(2,3)15-10-9-14-11-18(15)16(20)19(14)21-12-13-7-5-4-6-8-13;2-1-3/h4-8,14-15H,9-12H2,1-3H3;/t14-,15+;/m1./s1. The van der Waals surface area contributed by atoms with Crippen LogP contribution in [0.15, 0.2) is 30.3 Å². The third-order valence-electron chi connectivity index (χ3n) is 4.54. The van der Waals surface area contributed by atoms with E-state index in [0.717, 1.165) is 24.9 Å². The van der Waals surface area contributed by atoms with Crippen molar-refractivity contribution in [2.45, 2.75) is 52.3 Å². The number of benzene rings is 1. The molecule has 0 radical (unpaired) electrons. The average Bonchev–Trinajstić information content (AvgIpc) is 2.77. The van der Waals surface area contributed by atoms with Crippen LogP contribution in [0.4, 0.5) is 4.79 Å². The van der Waals surface area contributed by atoms with Gasteiger partial charge in [0.2, 0.25) is 0 Å². The number of carbonyl (C=O) groups excluding carboxylic acids is 3. The zero-order valence-corrected chi connectivity index (χ0v) is 14.4. The van der Waals surface area contributed by atoms with E-state index >= 15 is 0 Å². The van der Waals surface area contributed by atoms with Crippen LogP contribution in [0.2, 0.25) is 0 Å². The molecule has 6 nitrogen and oxygen atoms in total. The van der Waals surface area contributed by atoms with Crippen LogP contribution in [0.5, 0.6) is 0 Å². The summed E-state index contributed by atoms with van der Waals surface area (Å²) in [6.45, 7) is 7.88. The Morgan fingerprint density at radius 2 is 1.79 bits per heavy atom. The maximum absolute atomic E-state index is 12.6. The van der Waals surface area contributed by atoms with E-state index in [0.29, 0.717) is 12.6 Å². The highest BCUT2D eigenvalue weighted by Gasteiger charge is 2.48. The van der Waals surface area contributed by atoms with Crippen LogP contribution in [-0.2, 0) is 21.0 Å². The Morgan fingerprint density at radius 1 is 1.17 bits per heavy atom. The van der Waals surface area contributed by atoms with E-state index < -0.39 is 0 Å². The topological polar surface area (TPSA) is 66.9 Å². The second kappa shape index (κ2) is 7.60. The van der Waals surface area contributed by atoms with Crippen LogP contribution in [-0.4, -0.2) is 40.8 Å². The molecule has 0 spiro atoms. The quantitative estimate of drug-likeness (QED) is 0.853. The van der Waals surface area contributed by atoms with E-state index in [-0.39, 0.29) is 23.6 Å². The lowest BCUT2D eigenvalue weighted by atomic mass is 9.81. The van der Waals surface area contributed by atoms with Crippen LogP contribution in [0.3, 0.4) is 0 Å². The summed E-state index contributed by atoms with van der Waals surface area (Å²) < 4.78 is 0. The molecule has 0 unspecified atom stereocenters. The summed E-state index contributed by atoms with van der Waals surface area (Å²) >= 11 is 0. The van der Waals surface area contributed by atoms with Crippen LogP contribution in [0.25, 0.3) is 0 Å². The fraction of sp³-hybridized carbons (Fsp3) is 0.556. The molecule has 2 aliphatic rings. The number of amides is 2. The molecule has 0 aromatic heterocycles. The minimum Gasteiger partial charge on any atom is -0.317 e. The second-order valence-corrected chi connectivity index (χ2v) is 7.22. The van der Waals surface area contributed by atoms with E-state index in [2.05, 4.69) is 20.8 Å². The monoisotopic (exact) mass is 332 g/mol. The highest BCUT2D eigenvalue weighted by atomic mass is 16.7. The van der Waals surface area contributed by atoms with Crippen molar-refractivity contribution in [3.8, 4) is 0 Å². The SMILES string of the molecule is CC(C)(C)[C@@H]1CC[C@@H]2CN1C(=O)N2OCc1ccccc1.O=C=O. The van der Waals surface area contributed by atoms with Crippen LogP contribution in [0, 0.1) is 5.41 Å². The Labute approximate surface area is 142 Å². The van der Waals surface area contributed by atoms with Gasteiger partial charge in [-0.25, -0.2) is 4.79 Å². The summed E-state index contributed by atoms with van der Waals surface area (Å²) in [7, 11) is 0. The Hall–Kier alpha value is -2.17. The fourth-order valence-corrected chi connectivity index (χ4v) is 3.42. The molecule has 0 N–H and O–H groups in total. The maximum atomic E-state index is 12.6. The first kappa shape index (κ1) is 18.2. The molecule has 2 heterocycles. The van der Waals surface area contributed by atoms with E-state index in [1.54, 1.807) is 5.06 Å². The van der Waals surface area contributed by atoms with Gasteiger partial charge in [-0.2, -0.15) is 14.7 Å². The predicted octanol–water partition coefficient (Wildman–Crippen LogP) is 2.85. The van der Waals surface area contributed by atoms with Crippen molar-refractivity contribution >= 4 is 12.2 Å². The first-order valence-electron chi connectivity index (χ1n) is 8.14. The van der Waals surface area contributed by atoms with Crippen LogP contribution >= 0.6 is 0 Å². The lowest BCUT2D eigenvalue weighted by Gasteiger charge is -2.39. The molecule has 1 aromatic carbocycles. The van der Waals surface area contributed by atoms with E-state index in [4.69, 9.17) is 14.4 Å². The van der Waals surface area contributed by atoms with Gasteiger partial charge >= 0.3 is 12.2 Å². The molecule has 2 fully saturated rings. The van der Waals surface area contributed by atoms with Gasteiger partial charge in [0, 0.05) is 12.6 Å². The number of urea groups is 1. The van der Waals surface area contributed by atoms with Crippen LogP contribution < -0.4 is 0 Å². The lowest BCUT2D eigenvalue weighted by Crippen LogP contribution is -2.47. The lowest BCUT2D eigenvalue weighted by molar-refractivity contribution is -0.191. The molecule has 6 heteroatoms. The third kappa shape index (κ3) is 4.02. The van der Waals surface area contributed by atoms with Gasteiger partial charge in [0.25, 0.3) is 0 Å². The highest BCUT2D eigenvalue weighted by Crippen LogP contribution is 2.38. The molecular weight excluding hydrogens is 308 g/mol. The summed E-state index contributed by atoms with van der Waals surface area (Å²) in [6, 6.07) is 10.6. The zero-order chi connectivity index (χ0) is 17.7. The van der Waals surface area contributed by atoms with Gasteiger partial charge in [-0.1, -0.05) is 51.1 Å². The minimum absolute atomic E-state index is 0.0355. The van der Waals surface area contributed by atoms with Crippen molar-refractivity contribution in [3.05, 3.63) is 35.9 Å². The number of rotatable bonds is 3. The van der Waals surface area contributed by atoms with Gasteiger partial charge in [-0.15, -0.1) is 0 Å². The van der Waals surface area contributed by atoms with Crippen LogP contribution in [0.1, 0.15) is 39.2 Å². The molecule has 130 valence electrons. The Morgan fingerprint density at radius 3 is 2.38 bits per heavy atom. The maximum Gasteiger partial charge on any atom is 0.373 e. The molecule has 2 amide bonds. The molecular formula is C18H24N2O4. The summed E-state index contributed by atoms with van der Waals surface area (Å²) in [4.78, 5) is 36.7. The van der Waals surface area contributed by atoms with Crippen molar-refractivity contribution in [1.29, 1.82) is 0 Å². The van der Waals surface area contributed by atoms with Gasteiger partial charge in [0.1, 0.15) is 6.61 Å². The molecule has 0 saturated carbocycles. The molecule has 2 atom stereocenters. The number of hydroxylamine groups is 2. The molecule has 24 heavy (non-hydrogen) atoms. The highest BCUT2D eigenvalue weighted by molar-refractivity contribution is 5.77. The Kier molecular flexibility index (Phi) is 5.75. The Balaban J connectivity index is 0.000000647. The van der Waals surface area contributed by atoms with Crippen molar-refractivity contribution in [3.63, 3.8) is 0 Å². The first-order chi connectivity index (χ1) is 11.4. The van der Waals surface area contributed by atoms with Crippen molar-refractivity contribution < 1.29 is 19.2 Å². The number of hydrogen-bond acceptors (Lipinski definition) is 4. The molecule has 0 aliphatic carbocycles. The number of piperidine rings is 1. The summed E-state index contributed by atoms with van der Waals surface area (Å²) in [5, 5.41) is 1.61. The zero-order valence-electron chi connectivity index (χ0n) is 14.4. The summed E-state index contributed by atoms with van der Waals surface area (Å²) in [5.74, 6) is 0. The van der Waals surface area contributed by atoms with Crippen molar-refractivity contribution in [2.24, 2.45) is 5.41 Å². The molecule has 2 bridgehead atoms. The van der Waals surface area contributed by atoms with Gasteiger partial charge in [-0.05, 0) is 23.8 Å². The minimum atomic E-state index is 0.0355. The number of carbonyl (C=O) groups is 1. The van der Waals surface area contributed by atoms with E-state index in [1.807, 2.05) is 35.2 Å². The largest absolute Gasteiger partial charge is 0.373 e. The van der Waals surface area contributed by atoms with E-state index in [9.17, 15) is 4.79 Å². The van der Waals surface area contributed by atoms with Gasteiger partial charge in [-0.3, -0.25) is 4.84 Å². The predicted molar refractivity (Wildman–Crippen MR) is 86.4 cm³/mol. The van der Waals surface area contributed by atoms with Gasteiger partial charge < -0.3 is 4.90 Å². The average molecular weight is 332 g/mol.